The maximum absolute atomic E-state index is 5.56. The Hall–Kier alpha value is -8.72. The van der Waals surface area contributed by atoms with Crippen LogP contribution in [0, 0.1) is 0 Å². The van der Waals surface area contributed by atoms with Gasteiger partial charge in [-0.05, 0) is 150 Å². The summed E-state index contributed by atoms with van der Waals surface area (Å²) < 4.78 is 0. The SMILES string of the molecule is C=C(N=C(N=C(C)c1cc(-c2ccccc2)cc(-c2ccccc2)c1)c1cc(-c2ccccc2)cc(-c2ccccc2)c1)c1ccc2c(c1)C1(c3ccccc3-c3ccccc31)c1ccccc1-2. The van der Waals surface area contributed by atoms with Crippen LogP contribution in [0.2, 0.25) is 0 Å². The molecule has 0 saturated carbocycles. The molecule has 12 rings (SSSR count). The zero-order chi connectivity index (χ0) is 45.6. The number of hydrogen-bond acceptors (Lipinski definition) is 1. The topological polar surface area (TPSA) is 24.7 Å². The minimum Gasteiger partial charge on any atom is -0.233 e. The second kappa shape index (κ2) is 16.9. The highest BCUT2D eigenvalue weighted by Gasteiger charge is 2.51. The molecule has 10 aromatic rings. The van der Waals surface area contributed by atoms with E-state index < -0.39 is 5.41 Å². The predicted molar refractivity (Wildman–Crippen MR) is 285 cm³/mol. The second-order valence-electron chi connectivity index (χ2n) is 17.8. The van der Waals surface area contributed by atoms with Crippen LogP contribution in [0.1, 0.15) is 45.9 Å². The van der Waals surface area contributed by atoms with E-state index in [0.29, 0.717) is 11.5 Å². The minimum atomic E-state index is -0.481. The summed E-state index contributed by atoms with van der Waals surface area (Å²) in [6, 6.07) is 89.4. The van der Waals surface area contributed by atoms with Crippen LogP contribution in [0.15, 0.2) is 265 Å². The smallest absolute Gasteiger partial charge is 0.160 e. The van der Waals surface area contributed by atoms with Crippen LogP contribution < -0.4 is 0 Å². The van der Waals surface area contributed by atoms with Crippen LogP contribution in [0.5, 0.6) is 0 Å². The van der Waals surface area contributed by atoms with Gasteiger partial charge in [-0.25, -0.2) is 9.98 Å². The third-order valence-corrected chi connectivity index (χ3v) is 13.8. The monoisotopic (exact) mass is 866 g/mol. The molecule has 0 amide bonds. The Bertz CT molecular complexity index is 3440. The number of aliphatic imine (C=N–C) groups is 2. The Balaban J connectivity index is 1.06. The van der Waals surface area contributed by atoms with Gasteiger partial charge in [0.1, 0.15) is 0 Å². The number of hydrogen-bond donors (Lipinski definition) is 0. The van der Waals surface area contributed by atoms with Crippen LogP contribution in [0.4, 0.5) is 0 Å². The van der Waals surface area contributed by atoms with Gasteiger partial charge in [0.2, 0.25) is 0 Å². The van der Waals surface area contributed by atoms with E-state index in [9.17, 15) is 0 Å². The van der Waals surface area contributed by atoms with E-state index in [4.69, 9.17) is 16.6 Å². The summed E-state index contributed by atoms with van der Waals surface area (Å²) in [5.41, 5.74) is 23.0. The molecule has 68 heavy (non-hydrogen) atoms. The van der Waals surface area contributed by atoms with E-state index in [2.05, 4.69) is 256 Å². The Morgan fingerprint density at radius 3 is 1.07 bits per heavy atom. The van der Waals surface area contributed by atoms with Crippen molar-refractivity contribution in [1.82, 2.24) is 0 Å². The Labute approximate surface area is 398 Å². The Kier molecular flexibility index (Phi) is 10.1. The lowest BCUT2D eigenvalue weighted by molar-refractivity contribution is 0.793. The third kappa shape index (κ3) is 6.98. The first-order valence-electron chi connectivity index (χ1n) is 23.3. The van der Waals surface area contributed by atoms with Crippen molar-refractivity contribution in [2.75, 3.05) is 0 Å². The van der Waals surface area contributed by atoms with Gasteiger partial charge in [-0.3, -0.25) is 0 Å². The number of nitrogens with zero attached hydrogens (tertiary/aromatic N) is 2. The van der Waals surface area contributed by atoms with Crippen molar-refractivity contribution < 1.29 is 0 Å². The van der Waals surface area contributed by atoms with Gasteiger partial charge in [0.15, 0.2) is 5.84 Å². The van der Waals surface area contributed by atoms with Gasteiger partial charge in [0, 0.05) is 11.3 Å². The first-order valence-corrected chi connectivity index (χ1v) is 23.3. The van der Waals surface area contributed by atoms with Gasteiger partial charge in [0.05, 0.1) is 11.1 Å². The molecule has 2 aliphatic carbocycles. The largest absolute Gasteiger partial charge is 0.233 e. The molecule has 10 aromatic carbocycles. The van der Waals surface area contributed by atoms with Crippen molar-refractivity contribution >= 4 is 17.2 Å². The molecule has 0 atom stereocenters. The van der Waals surface area contributed by atoms with Crippen LogP contribution in [-0.4, -0.2) is 11.5 Å². The fourth-order valence-electron chi connectivity index (χ4n) is 10.6. The zero-order valence-electron chi connectivity index (χ0n) is 37.8. The Morgan fingerprint density at radius 1 is 0.309 bits per heavy atom. The summed E-state index contributed by atoms with van der Waals surface area (Å²) in [5, 5.41) is 0. The number of rotatable bonds is 8. The fraction of sp³-hybridized carbons (Fsp3) is 0.0303. The van der Waals surface area contributed by atoms with Crippen molar-refractivity contribution in [3.63, 3.8) is 0 Å². The average molecular weight is 867 g/mol. The van der Waals surface area contributed by atoms with Crippen molar-refractivity contribution in [3.05, 3.63) is 294 Å². The van der Waals surface area contributed by atoms with E-state index in [1.165, 1.54) is 44.5 Å². The summed E-state index contributed by atoms with van der Waals surface area (Å²) in [5.74, 6) is 0.587. The highest BCUT2D eigenvalue weighted by Crippen LogP contribution is 2.62. The molecule has 0 aromatic heterocycles. The van der Waals surface area contributed by atoms with Crippen molar-refractivity contribution in [1.29, 1.82) is 0 Å². The molecule has 320 valence electrons. The lowest BCUT2D eigenvalue weighted by Crippen LogP contribution is -2.25. The first-order chi connectivity index (χ1) is 33.5. The lowest BCUT2D eigenvalue weighted by atomic mass is 9.70. The van der Waals surface area contributed by atoms with Crippen LogP contribution >= 0.6 is 0 Å². The molecule has 0 unspecified atom stereocenters. The van der Waals surface area contributed by atoms with E-state index in [0.717, 1.165) is 66.9 Å². The maximum atomic E-state index is 5.56. The molecule has 2 heteroatoms. The normalized spacial score (nSPS) is 13.1. The van der Waals surface area contributed by atoms with Gasteiger partial charge in [-0.1, -0.05) is 213 Å². The van der Waals surface area contributed by atoms with Crippen LogP contribution in [0.25, 0.3) is 72.5 Å². The molecule has 2 aliphatic rings. The van der Waals surface area contributed by atoms with E-state index in [1.807, 2.05) is 0 Å². The van der Waals surface area contributed by atoms with Gasteiger partial charge < -0.3 is 0 Å². The van der Waals surface area contributed by atoms with E-state index in [1.54, 1.807) is 0 Å². The van der Waals surface area contributed by atoms with Gasteiger partial charge in [0.25, 0.3) is 0 Å². The van der Waals surface area contributed by atoms with Crippen molar-refractivity contribution in [2.24, 2.45) is 9.98 Å². The number of benzene rings is 10. The molecular weight excluding hydrogens is 821 g/mol. The first kappa shape index (κ1) is 40.8. The summed E-state index contributed by atoms with van der Waals surface area (Å²) in [4.78, 5) is 11.1. The van der Waals surface area contributed by atoms with Crippen LogP contribution in [0.3, 0.4) is 0 Å². The molecule has 0 fully saturated rings. The molecular formula is C66H46N2. The Morgan fingerprint density at radius 2 is 0.662 bits per heavy atom. The molecule has 1 spiro atoms. The average Bonchev–Trinajstić information content (AvgIpc) is 3.88. The molecule has 0 heterocycles. The van der Waals surface area contributed by atoms with Gasteiger partial charge >= 0.3 is 0 Å². The third-order valence-electron chi connectivity index (χ3n) is 13.8. The molecule has 0 aliphatic heterocycles. The molecule has 0 bridgehead atoms. The second-order valence-corrected chi connectivity index (χ2v) is 17.8. The van der Waals surface area contributed by atoms with Gasteiger partial charge in [-0.15, -0.1) is 0 Å². The zero-order valence-corrected chi connectivity index (χ0v) is 37.8. The standard InChI is InChI=1S/C66H46N2/c1-44(50-35-36-60-59-31-17-20-34-63(59)66(64(60)43-50)61-32-18-15-29-57(61)58-30-16-19-33-62(58)66)67-65(56-41-54(48-25-11-5-12-26-48)40-55(42-56)49-27-13-6-14-28-49)68-45(2)51-37-52(46-21-7-3-8-22-46)39-53(38-51)47-23-9-4-10-24-47/h3-43H,1H2,2H3. The highest BCUT2D eigenvalue weighted by atomic mass is 14.9. The molecule has 0 N–H and O–H groups in total. The summed E-state index contributed by atoms with van der Waals surface area (Å²) >= 11 is 0. The van der Waals surface area contributed by atoms with Gasteiger partial charge in [-0.2, -0.15) is 0 Å². The molecule has 0 saturated heterocycles. The van der Waals surface area contributed by atoms with Crippen molar-refractivity contribution in [3.8, 4) is 66.8 Å². The minimum absolute atomic E-state index is 0.481. The molecule has 2 nitrogen and oxygen atoms in total. The fourth-order valence-corrected chi connectivity index (χ4v) is 10.6. The summed E-state index contributed by atoms with van der Waals surface area (Å²) in [6.45, 7) is 6.86. The lowest BCUT2D eigenvalue weighted by Gasteiger charge is -2.30. The quantitative estimate of drug-likeness (QED) is 0.107. The highest BCUT2D eigenvalue weighted by molar-refractivity contribution is 6.14. The van der Waals surface area contributed by atoms with E-state index in [-0.39, 0.29) is 0 Å². The molecule has 0 radical (unpaired) electrons. The predicted octanol–water partition coefficient (Wildman–Crippen LogP) is 16.6. The van der Waals surface area contributed by atoms with Crippen LogP contribution in [-0.2, 0) is 5.41 Å². The maximum Gasteiger partial charge on any atom is 0.160 e. The van der Waals surface area contributed by atoms with E-state index >= 15 is 0 Å². The van der Waals surface area contributed by atoms with Crippen molar-refractivity contribution in [2.45, 2.75) is 12.3 Å². The number of fused-ring (bicyclic) bond motifs is 10. The summed E-state index contributed by atoms with van der Waals surface area (Å²) in [6.07, 6.45) is 0. The number of amidine groups is 1. The summed E-state index contributed by atoms with van der Waals surface area (Å²) in [7, 11) is 0.